The summed E-state index contributed by atoms with van der Waals surface area (Å²) in [6.07, 6.45) is 1.82. The summed E-state index contributed by atoms with van der Waals surface area (Å²) < 4.78 is 5.10. The van der Waals surface area contributed by atoms with E-state index in [9.17, 15) is 9.59 Å². The first-order chi connectivity index (χ1) is 10.5. The minimum absolute atomic E-state index is 0.0451. The highest BCUT2D eigenvalue weighted by Crippen LogP contribution is 2.30. The SMILES string of the molecule is COC(CN)CC(=O)Nc1cc(NC(=O)C2CC2)ccc1C. The smallest absolute Gasteiger partial charge is 0.227 e. The van der Waals surface area contributed by atoms with E-state index in [-0.39, 0.29) is 30.3 Å². The molecule has 1 aliphatic carbocycles. The van der Waals surface area contributed by atoms with Gasteiger partial charge in [-0.05, 0) is 37.5 Å². The quantitative estimate of drug-likeness (QED) is 0.714. The third-order valence-electron chi connectivity index (χ3n) is 3.74. The lowest BCUT2D eigenvalue weighted by Gasteiger charge is -2.14. The molecular formula is C16H23N3O3. The van der Waals surface area contributed by atoms with Crippen LogP contribution in [-0.2, 0) is 14.3 Å². The minimum Gasteiger partial charge on any atom is -0.380 e. The van der Waals surface area contributed by atoms with Crippen LogP contribution in [0, 0.1) is 12.8 Å². The van der Waals surface area contributed by atoms with E-state index in [2.05, 4.69) is 10.6 Å². The lowest BCUT2D eigenvalue weighted by atomic mass is 10.1. The number of ether oxygens (including phenoxy) is 1. The number of nitrogens with two attached hydrogens (primary N) is 1. The highest BCUT2D eigenvalue weighted by atomic mass is 16.5. The molecular weight excluding hydrogens is 282 g/mol. The molecule has 0 heterocycles. The fraction of sp³-hybridized carbons (Fsp3) is 0.500. The van der Waals surface area contributed by atoms with E-state index < -0.39 is 0 Å². The van der Waals surface area contributed by atoms with Crippen LogP contribution in [0.1, 0.15) is 24.8 Å². The van der Waals surface area contributed by atoms with E-state index in [0.717, 1.165) is 18.4 Å². The summed E-state index contributed by atoms with van der Waals surface area (Å²) in [7, 11) is 1.53. The molecule has 4 N–H and O–H groups in total. The van der Waals surface area contributed by atoms with Gasteiger partial charge in [0, 0.05) is 30.9 Å². The first-order valence-corrected chi connectivity index (χ1v) is 7.47. The van der Waals surface area contributed by atoms with Crippen LogP contribution in [0.3, 0.4) is 0 Å². The first-order valence-electron chi connectivity index (χ1n) is 7.47. The molecule has 6 heteroatoms. The molecule has 0 spiro atoms. The molecule has 22 heavy (non-hydrogen) atoms. The van der Waals surface area contributed by atoms with Crippen molar-refractivity contribution in [1.82, 2.24) is 0 Å². The van der Waals surface area contributed by atoms with Crippen LogP contribution < -0.4 is 16.4 Å². The molecule has 1 fully saturated rings. The molecule has 1 aliphatic rings. The molecule has 0 aliphatic heterocycles. The van der Waals surface area contributed by atoms with E-state index in [1.807, 2.05) is 19.1 Å². The van der Waals surface area contributed by atoms with Gasteiger partial charge in [0.15, 0.2) is 0 Å². The van der Waals surface area contributed by atoms with Gasteiger partial charge in [-0.3, -0.25) is 9.59 Å². The third-order valence-corrected chi connectivity index (χ3v) is 3.74. The van der Waals surface area contributed by atoms with Gasteiger partial charge >= 0.3 is 0 Å². The number of anilines is 2. The molecule has 0 bridgehead atoms. The zero-order chi connectivity index (χ0) is 16.1. The molecule has 0 aromatic heterocycles. The molecule has 1 unspecified atom stereocenters. The van der Waals surface area contributed by atoms with E-state index in [0.29, 0.717) is 17.9 Å². The van der Waals surface area contributed by atoms with Crippen molar-refractivity contribution in [2.24, 2.45) is 11.7 Å². The summed E-state index contributed by atoms with van der Waals surface area (Å²) in [5, 5.41) is 5.71. The summed E-state index contributed by atoms with van der Waals surface area (Å²) in [6.45, 7) is 2.19. The van der Waals surface area contributed by atoms with Gasteiger partial charge in [0.25, 0.3) is 0 Å². The summed E-state index contributed by atoms with van der Waals surface area (Å²) in [6, 6.07) is 5.48. The predicted molar refractivity (Wildman–Crippen MR) is 85.6 cm³/mol. The molecule has 1 aromatic carbocycles. The monoisotopic (exact) mass is 305 g/mol. The number of benzene rings is 1. The Bertz CT molecular complexity index is 552. The maximum atomic E-state index is 12.0. The van der Waals surface area contributed by atoms with Crippen molar-refractivity contribution >= 4 is 23.2 Å². The van der Waals surface area contributed by atoms with Crippen molar-refractivity contribution in [2.45, 2.75) is 32.3 Å². The lowest BCUT2D eigenvalue weighted by molar-refractivity contribution is -0.118. The standard InChI is InChI=1S/C16H23N3O3/c1-10-3-6-12(18-16(21)11-4-5-11)7-14(10)19-15(20)8-13(9-17)22-2/h3,6-7,11,13H,4-5,8-9,17H2,1-2H3,(H,18,21)(H,19,20). The minimum atomic E-state index is -0.293. The number of carbonyl (C=O) groups excluding carboxylic acids is 2. The molecule has 6 nitrogen and oxygen atoms in total. The zero-order valence-electron chi connectivity index (χ0n) is 13.0. The molecule has 1 aromatic rings. The fourth-order valence-electron chi connectivity index (χ4n) is 2.10. The first kappa shape index (κ1) is 16.5. The second-order valence-electron chi connectivity index (χ2n) is 5.64. The molecule has 1 saturated carbocycles. The molecule has 2 rings (SSSR count). The number of hydrogen-bond donors (Lipinski definition) is 3. The number of nitrogens with one attached hydrogen (secondary N) is 2. The van der Waals surface area contributed by atoms with Crippen LogP contribution in [0.4, 0.5) is 11.4 Å². The Morgan fingerprint density at radius 3 is 2.68 bits per heavy atom. The fourth-order valence-corrected chi connectivity index (χ4v) is 2.10. The van der Waals surface area contributed by atoms with Crippen LogP contribution in [0.25, 0.3) is 0 Å². The normalized spacial score (nSPS) is 15.2. The highest BCUT2D eigenvalue weighted by molar-refractivity contribution is 5.96. The number of methoxy groups -OCH3 is 1. The van der Waals surface area contributed by atoms with Crippen LogP contribution in [0.15, 0.2) is 18.2 Å². The van der Waals surface area contributed by atoms with Gasteiger partial charge in [-0.1, -0.05) is 6.07 Å². The maximum absolute atomic E-state index is 12.0. The van der Waals surface area contributed by atoms with Gasteiger partial charge in [-0.15, -0.1) is 0 Å². The Morgan fingerprint density at radius 1 is 1.36 bits per heavy atom. The Kier molecular flexibility index (Phi) is 5.51. The molecule has 1 atom stereocenters. The zero-order valence-corrected chi connectivity index (χ0v) is 13.0. The summed E-state index contributed by atoms with van der Waals surface area (Å²) in [4.78, 5) is 23.8. The number of rotatable bonds is 7. The summed E-state index contributed by atoms with van der Waals surface area (Å²) >= 11 is 0. The topological polar surface area (TPSA) is 93.4 Å². The van der Waals surface area contributed by atoms with Gasteiger partial charge in [0.1, 0.15) is 0 Å². The van der Waals surface area contributed by atoms with Crippen LogP contribution in [-0.4, -0.2) is 31.6 Å². The average Bonchev–Trinajstić information content (AvgIpc) is 3.33. The van der Waals surface area contributed by atoms with Crippen LogP contribution >= 0.6 is 0 Å². The Labute approximate surface area is 130 Å². The third kappa shape index (κ3) is 4.54. The average molecular weight is 305 g/mol. The maximum Gasteiger partial charge on any atom is 0.227 e. The Hall–Kier alpha value is -1.92. The van der Waals surface area contributed by atoms with Crippen molar-refractivity contribution in [2.75, 3.05) is 24.3 Å². The van der Waals surface area contributed by atoms with Crippen LogP contribution in [0.5, 0.6) is 0 Å². The largest absolute Gasteiger partial charge is 0.380 e. The summed E-state index contributed by atoms with van der Waals surface area (Å²) in [5.41, 5.74) is 7.83. The van der Waals surface area contributed by atoms with Crippen molar-refractivity contribution in [3.63, 3.8) is 0 Å². The van der Waals surface area contributed by atoms with Crippen molar-refractivity contribution in [3.05, 3.63) is 23.8 Å². The number of amides is 2. The van der Waals surface area contributed by atoms with Crippen molar-refractivity contribution < 1.29 is 14.3 Å². The Morgan fingerprint density at radius 2 is 2.09 bits per heavy atom. The van der Waals surface area contributed by atoms with E-state index >= 15 is 0 Å². The van der Waals surface area contributed by atoms with Gasteiger partial charge in [-0.2, -0.15) is 0 Å². The molecule has 0 radical (unpaired) electrons. The number of carbonyl (C=O) groups is 2. The van der Waals surface area contributed by atoms with Crippen LogP contribution in [0.2, 0.25) is 0 Å². The van der Waals surface area contributed by atoms with E-state index in [4.69, 9.17) is 10.5 Å². The molecule has 2 amide bonds. The number of hydrogen-bond acceptors (Lipinski definition) is 4. The van der Waals surface area contributed by atoms with E-state index in [1.54, 1.807) is 6.07 Å². The summed E-state index contributed by atoms with van der Waals surface area (Å²) in [5.74, 6) is 0.0288. The lowest BCUT2D eigenvalue weighted by Crippen LogP contribution is -2.28. The molecule has 0 saturated heterocycles. The van der Waals surface area contributed by atoms with Gasteiger partial charge in [-0.25, -0.2) is 0 Å². The second-order valence-corrected chi connectivity index (χ2v) is 5.64. The van der Waals surface area contributed by atoms with Crippen molar-refractivity contribution in [1.29, 1.82) is 0 Å². The highest BCUT2D eigenvalue weighted by Gasteiger charge is 2.29. The second kappa shape index (κ2) is 7.38. The number of aryl methyl sites for hydroxylation is 1. The molecule has 120 valence electrons. The van der Waals surface area contributed by atoms with Crippen molar-refractivity contribution in [3.8, 4) is 0 Å². The van der Waals surface area contributed by atoms with Gasteiger partial charge in [0.2, 0.25) is 11.8 Å². The van der Waals surface area contributed by atoms with E-state index in [1.165, 1.54) is 7.11 Å². The van der Waals surface area contributed by atoms with Gasteiger partial charge < -0.3 is 21.1 Å². The van der Waals surface area contributed by atoms with Gasteiger partial charge in [0.05, 0.1) is 12.5 Å². The Balaban J connectivity index is 1.99. The predicted octanol–water partition coefficient (Wildman–Crippen LogP) is 1.65.